The summed E-state index contributed by atoms with van der Waals surface area (Å²) >= 11 is 3.30. The Balaban J connectivity index is 1.76. The van der Waals surface area contributed by atoms with Crippen LogP contribution in [-0.4, -0.2) is 18.4 Å². The maximum absolute atomic E-state index is 12.8. The van der Waals surface area contributed by atoms with Crippen LogP contribution in [0.4, 0.5) is 10.1 Å². The van der Waals surface area contributed by atoms with Crippen molar-refractivity contribution in [3.8, 4) is 0 Å². The highest BCUT2D eigenvalue weighted by Crippen LogP contribution is 2.13. The SMILES string of the molecule is O=C(Cc1ccc(F)cc1)NCC(=O)Nc1ccc(Br)cc1. The highest BCUT2D eigenvalue weighted by atomic mass is 79.9. The van der Waals surface area contributed by atoms with Crippen molar-refractivity contribution in [3.05, 3.63) is 64.4 Å². The Labute approximate surface area is 135 Å². The maximum Gasteiger partial charge on any atom is 0.243 e. The zero-order valence-corrected chi connectivity index (χ0v) is 13.2. The Morgan fingerprint density at radius 2 is 1.59 bits per heavy atom. The second kappa shape index (κ2) is 7.70. The smallest absolute Gasteiger partial charge is 0.243 e. The fourth-order valence-electron chi connectivity index (χ4n) is 1.77. The fraction of sp³-hybridized carbons (Fsp3) is 0.125. The highest BCUT2D eigenvalue weighted by Gasteiger charge is 2.07. The Kier molecular flexibility index (Phi) is 5.66. The lowest BCUT2D eigenvalue weighted by Crippen LogP contribution is -2.33. The molecule has 0 aliphatic heterocycles. The molecule has 2 N–H and O–H groups in total. The van der Waals surface area contributed by atoms with Gasteiger partial charge in [0.1, 0.15) is 5.82 Å². The molecule has 4 nitrogen and oxygen atoms in total. The molecule has 0 unspecified atom stereocenters. The molecule has 0 radical (unpaired) electrons. The van der Waals surface area contributed by atoms with Crippen molar-refractivity contribution in [1.82, 2.24) is 5.32 Å². The summed E-state index contributed by atoms with van der Waals surface area (Å²) in [4.78, 5) is 23.4. The molecule has 0 saturated carbocycles. The number of hydrogen-bond acceptors (Lipinski definition) is 2. The summed E-state index contributed by atoms with van der Waals surface area (Å²) in [5.74, 6) is -0.953. The lowest BCUT2D eigenvalue weighted by atomic mass is 10.1. The van der Waals surface area contributed by atoms with Gasteiger partial charge >= 0.3 is 0 Å². The molecule has 0 aliphatic rings. The Morgan fingerprint density at radius 1 is 0.955 bits per heavy atom. The summed E-state index contributed by atoms with van der Waals surface area (Å²) < 4.78 is 13.7. The normalized spacial score (nSPS) is 10.1. The number of hydrogen-bond donors (Lipinski definition) is 2. The number of carbonyl (C=O) groups is 2. The molecule has 0 saturated heterocycles. The summed E-state index contributed by atoms with van der Waals surface area (Å²) in [5.41, 5.74) is 1.34. The number of halogens is 2. The van der Waals surface area contributed by atoms with E-state index in [0.717, 1.165) is 4.47 Å². The van der Waals surface area contributed by atoms with Crippen molar-refractivity contribution in [2.45, 2.75) is 6.42 Å². The van der Waals surface area contributed by atoms with Crippen LogP contribution in [0.15, 0.2) is 53.0 Å². The summed E-state index contributed by atoms with van der Waals surface area (Å²) in [6.07, 6.45) is 0.103. The van der Waals surface area contributed by atoms with Crippen molar-refractivity contribution >= 4 is 33.4 Å². The zero-order chi connectivity index (χ0) is 15.9. The molecule has 2 amide bonds. The van der Waals surface area contributed by atoms with Crippen molar-refractivity contribution in [2.24, 2.45) is 0 Å². The molecule has 2 aromatic rings. The second-order valence-corrected chi connectivity index (χ2v) is 5.55. The molecule has 114 valence electrons. The minimum Gasteiger partial charge on any atom is -0.347 e. The van der Waals surface area contributed by atoms with Gasteiger partial charge in [-0.25, -0.2) is 4.39 Å². The monoisotopic (exact) mass is 364 g/mol. The first kappa shape index (κ1) is 16.2. The average Bonchev–Trinajstić information content (AvgIpc) is 2.50. The van der Waals surface area contributed by atoms with Crippen LogP contribution >= 0.6 is 15.9 Å². The molecule has 0 bridgehead atoms. The van der Waals surface area contributed by atoms with Crippen LogP contribution in [0.25, 0.3) is 0 Å². The van der Waals surface area contributed by atoms with Gasteiger partial charge in [0.05, 0.1) is 13.0 Å². The van der Waals surface area contributed by atoms with Crippen molar-refractivity contribution in [2.75, 3.05) is 11.9 Å². The lowest BCUT2D eigenvalue weighted by Gasteiger charge is -2.07. The number of rotatable bonds is 5. The van der Waals surface area contributed by atoms with Crippen LogP contribution in [-0.2, 0) is 16.0 Å². The quantitative estimate of drug-likeness (QED) is 0.856. The topological polar surface area (TPSA) is 58.2 Å². The third kappa shape index (κ3) is 5.29. The van der Waals surface area contributed by atoms with Crippen LogP contribution in [0.5, 0.6) is 0 Å². The molecule has 2 rings (SSSR count). The predicted molar refractivity (Wildman–Crippen MR) is 85.9 cm³/mol. The Morgan fingerprint density at radius 3 is 2.23 bits per heavy atom. The molecule has 22 heavy (non-hydrogen) atoms. The summed E-state index contributed by atoms with van der Waals surface area (Å²) in [5, 5.41) is 5.19. The Bertz CT molecular complexity index is 597. The summed E-state index contributed by atoms with van der Waals surface area (Å²) in [6, 6.07) is 12.8. The van der Waals surface area contributed by atoms with E-state index in [2.05, 4.69) is 26.6 Å². The van der Waals surface area contributed by atoms with Crippen LogP contribution in [0.2, 0.25) is 0 Å². The third-order valence-corrected chi connectivity index (χ3v) is 3.38. The van der Waals surface area contributed by atoms with Crippen LogP contribution in [0, 0.1) is 5.82 Å². The van der Waals surface area contributed by atoms with Crippen molar-refractivity contribution in [3.63, 3.8) is 0 Å². The van der Waals surface area contributed by atoms with E-state index >= 15 is 0 Å². The minimum absolute atomic E-state index is 0.103. The fourth-order valence-corrected chi connectivity index (χ4v) is 2.03. The number of amides is 2. The highest BCUT2D eigenvalue weighted by molar-refractivity contribution is 9.10. The Hall–Kier alpha value is -2.21. The van der Waals surface area contributed by atoms with Gasteiger partial charge in [-0.1, -0.05) is 28.1 Å². The van der Waals surface area contributed by atoms with E-state index < -0.39 is 0 Å². The van der Waals surface area contributed by atoms with E-state index in [-0.39, 0.29) is 30.6 Å². The van der Waals surface area contributed by atoms with Gasteiger partial charge in [-0.05, 0) is 42.0 Å². The van der Waals surface area contributed by atoms with Gasteiger partial charge < -0.3 is 10.6 Å². The molecule has 0 atom stereocenters. The molecule has 0 aromatic heterocycles. The number of anilines is 1. The first-order valence-corrected chi connectivity index (χ1v) is 7.39. The van der Waals surface area contributed by atoms with E-state index in [1.807, 2.05) is 12.1 Å². The van der Waals surface area contributed by atoms with Crippen LogP contribution in [0.1, 0.15) is 5.56 Å². The molecule has 2 aromatic carbocycles. The van der Waals surface area contributed by atoms with E-state index in [1.54, 1.807) is 12.1 Å². The molecule has 0 aliphatic carbocycles. The molecule has 0 heterocycles. The largest absolute Gasteiger partial charge is 0.347 e. The molecule has 0 fully saturated rings. The average molecular weight is 365 g/mol. The standard InChI is InChI=1S/C16H14BrFN2O2/c17-12-3-7-14(8-4-12)20-16(22)10-19-15(21)9-11-1-5-13(18)6-2-11/h1-8H,9-10H2,(H,19,21)(H,20,22). The molecular weight excluding hydrogens is 351 g/mol. The van der Waals surface area contributed by atoms with Crippen LogP contribution < -0.4 is 10.6 Å². The van der Waals surface area contributed by atoms with Crippen molar-refractivity contribution < 1.29 is 14.0 Å². The predicted octanol–water partition coefficient (Wildman–Crippen LogP) is 2.89. The summed E-state index contributed by atoms with van der Waals surface area (Å²) in [7, 11) is 0. The zero-order valence-electron chi connectivity index (χ0n) is 11.6. The van der Waals surface area contributed by atoms with Crippen LogP contribution in [0.3, 0.4) is 0 Å². The molecule has 6 heteroatoms. The number of benzene rings is 2. The first-order valence-electron chi connectivity index (χ1n) is 6.59. The van der Waals surface area contributed by atoms with Gasteiger partial charge in [0.2, 0.25) is 11.8 Å². The molecular formula is C16H14BrFN2O2. The second-order valence-electron chi connectivity index (χ2n) is 4.64. The lowest BCUT2D eigenvalue weighted by molar-refractivity contribution is -0.123. The van der Waals surface area contributed by atoms with E-state index in [1.165, 1.54) is 24.3 Å². The van der Waals surface area contributed by atoms with E-state index in [4.69, 9.17) is 0 Å². The van der Waals surface area contributed by atoms with Gasteiger partial charge in [0.25, 0.3) is 0 Å². The van der Waals surface area contributed by atoms with Gasteiger partial charge in [0.15, 0.2) is 0 Å². The maximum atomic E-state index is 12.8. The number of nitrogens with one attached hydrogen (secondary N) is 2. The van der Waals surface area contributed by atoms with E-state index in [0.29, 0.717) is 11.3 Å². The van der Waals surface area contributed by atoms with Gasteiger partial charge in [0, 0.05) is 10.2 Å². The minimum atomic E-state index is -0.349. The third-order valence-electron chi connectivity index (χ3n) is 2.85. The van der Waals surface area contributed by atoms with Crippen molar-refractivity contribution in [1.29, 1.82) is 0 Å². The first-order chi connectivity index (χ1) is 10.5. The number of carbonyl (C=O) groups excluding carboxylic acids is 2. The van der Waals surface area contributed by atoms with Gasteiger partial charge in [-0.3, -0.25) is 9.59 Å². The van der Waals surface area contributed by atoms with E-state index in [9.17, 15) is 14.0 Å². The molecule has 0 spiro atoms. The summed E-state index contributed by atoms with van der Waals surface area (Å²) in [6.45, 7) is -0.115. The van der Waals surface area contributed by atoms with Gasteiger partial charge in [-0.15, -0.1) is 0 Å². The van der Waals surface area contributed by atoms with Gasteiger partial charge in [-0.2, -0.15) is 0 Å².